The van der Waals surface area contributed by atoms with Crippen molar-refractivity contribution in [3.8, 4) is 0 Å². The Morgan fingerprint density at radius 2 is 1.12 bits per heavy atom. The summed E-state index contributed by atoms with van der Waals surface area (Å²) in [5.74, 6) is 0.443. The lowest BCUT2D eigenvalue weighted by Crippen LogP contribution is -2.41. The van der Waals surface area contributed by atoms with E-state index in [-0.39, 0.29) is 24.1 Å². The van der Waals surface area contributed by atoms with Crippen LogP contribution in [-0.4, -0.2) is 18.3 Å². The molecule has 3 heteroatoms. The van der Waals surface area contributed by atoms with Crippen LogP contribution in [0.2, 0.25) is 0 Å². The van der Waals surface area contributed by atoms with Gasteiger partial charge in [-0.15, -0.1) is 0 Å². The topological polar surface area (TPSA) is 18.5 Å². The Kier molecular flexibility index (Phi) is 4.59. The van der Waals surface area contributed by atoms with Gasteiger partial charge in [0.05, 0.1) is 11.2 Å². The molecule has 0 bridgehead atoms. The first-order valence-electron chi connectivity index (χ1n) is 8.77. The minimum atomic E-state index is -0.318. The molecule has 0 spiro atoms. The highest BCUT2D eigenvalue weighted by Gasteiger charge is 2.54. The van der Waals surface area contributed by atoms with Crippen molar-refractivity contribution in [1.29, 1.82) is 0 Å². The Morgan fingerprint density at radius 1 is 0.708 bits per heavy atom. The third-order valence-electron chi connectivity index (χ3n) is 5.61. The fourth-order valence-corrected chi connectivity index (χ4v) is 3.36. The number of rotatable bonds is 4. The fourth-order valence-electron chi connectivity index (χ4n) is 3.36. The van der Waals surface area contributed by atoms with Gasteiger partial charge in [-0.2, -0.15) is 0 Å². The van der Waals surface area contributed by atoms with E-state index >= 15 is 0 Å². The molecule has 0 unspecified atom stereocenters. The Balaban J connectivity index is 1.98. The maximum absolute atomic E-state index is 6.40. The van der Waals surface area contributed by atoms with E-state index in [0.717, 1.165) is 0 Å². The maximum Gasteiger partial charge on any atom is 0.466 e. The predicted octanol–water partition coefficient (Wildman–Crippen LogP) is 5.21. The molecule has 1 saturated heterocycles. The van der Waals surface area contributed by atoms with Crippen molar-refractivity contribution in [3.05, 3.63) is 71.8 Å². The summed E-state index contributed by atoms with van der Waals surface area (Å²) in [5, 5.41) is 0. The van der Waals surface area contributed by atoms with Gasteiger partial charge in [0.1, 0.15) is 0 Å². The lowest BCUT2D eigenvalue weighted by Gasteiger charge is -2.32. The lowest BCUT2D eigenvalue weighted by atomic mass is 9.60. The Hall–Kier alpha value is -1.58. The first kappa shape index (κ1) is 17.3. The van der Waals surface area contributed by atoms with Crippen molar-refractivity contribution in [2.45, 2.75) is 57.6 Å². The average molecular weight is 322 g/mol. The zero-order valence-electron chi connectivity index (χ0n) is 15.3. The van der Waals surface area contributed by atoms with Gasteiger partial charge in [0, 0.05) is 5.82 Å². The summed E-state index contributed by atoms with van der Waals surface area (Å²) >= 11 is 0. The van der Waals surface area contributed by atoms with Gasteiger partial charge >= 0.3 is 7.12 Å². The van der Waals surface area contributed by atoms with E-state index in [2.05, 4.69) is 95.3 Å². The van der Waals surface area contributed by atoms with Gasteiger partial charge in [-0.3, -0.25) is 0 Å². The smallest absolute Gasteiger partial charge is 0.403 e. The minimum Gasteiger partial charge on any atom is -0.403 e. The van der Waals surface area contributed by atoms with Gasteiger partial charge in [-0.25, -0.2) is 0 Å². The van der Waals surface area contributed by atoms with Crippen LogP contribution in [0.3, 0.4) is 0 Å². The highest BCUT2D eigenvalue weighted by Crippen LogP contribution is 2.45. The van der Waals surface area contributed by atoms with E-state index < -0.39 is 0 Å². The second-order valence-corrected chi connectivity index (χ2v) is 7.76. The van der Waals surface area contributed by atoms with Crippen molar-refractivity contribution in [1.82, 2.24) is 0 Å². The van der Waals surface area contributed by atoms with Crippen LogP contribution < -0.4 is 0 Å². The fraction of sp³-hybridized carbons (Fsp3) is 0.429. The van der Waals surface area contributed by atoms with Crippen LogP contribution >= 0.6 is 0 Å². The van der Waals surface area contributed by atoms with Gasteiger partial charge in [-0.05, 0) is 44.7 Å². The molecule has 0 aromatic heterocycles. The first-order chi connectivity index (χ1) is 11.3. The molecule has 0 N–H and O–H groups in total. The molecule has 0 aliphatic carbocycles. The number of hydrogen-bond donors (Lipinski definition) is 0. The monoisotopic (exact) mass is 322 g/mol. The summed E-state index contributed by atoms with van der Waals surface area (Å²) in [4.78, 5) is 0. The van der Waals surface area contributed by atoms with Crippen LogP contribution in [0, 0.1) is 0 Å². The van der Waals surface area contributed by atoms with E-state index in [4.69, 9.17) is 9.31 Å². The first-order valence-corrected chi connectivity index (χ1v) is 8.77. The van der Waals surface area contributed by atoms with Gasteiger partial charge in [0.25, 0.3) is 0 Å². The summed E-state index contributed by atoms with van der Waals surface area (Å²) in [6.07, 6.45) is 0. The Labute approximate surface area is 146 Å². The molecule has 1 aliphatic rings. The van der Waals surface area contributed by atoms with Crippen LogP contribution in [0.5, 0.6) is 0 Å². The van der Waals surface area contributed by atoms with Crippen molar-refractivity contribution in [3.63, 3.8) is 0 Å². The molecular weight excluding hydrogens is 295 g/mol. The summed E-state index contributed by atoms with van der Waals surface area (Å²) in [5.41, 5.74) is 1.93. The quantitative estimate of drug-likeness (QED) is 0.720. The highest BCUT2D eigenvalue weighted by molar-refractivity contribution is 6.48. The third-order valence-corrected chi connectivity index (χ3v) is 5.61. The standard InChI is InChI=1S/C21H27BO2/c1-16(17-12-8-6-9-13-17)19(18-14-10-7-11-15-18)22-23-20(2,3)21(4,5)24-22/h6-16,19H,1-5H3/t16-,19-/m0/s1. The third kappa shape index (κ3) is 3.15. The molecule has 2 aromatic rings. The van der Waals surface area contributed by atoms with Crippen LogP contribution in [0.4, 0.5) is 0 Å². The molecule has 3 rings (SSSR count). The van der Waals surface area contributed by atoms with Gasteiger partial charge in [0.2, 0.25) is 0 Å². The van der Waals surface area contributed by atoms with E-state index in [1.807, 2.05) is 0 Å². The van der Waals surface area contributed by atoms with Crippen LogP contribution in [-0.2, 0) is 9.31 Å². The number of benzene rings is 2. The highest BCUT2D eigenvalue weighted by atomic mass is 16.7. The van der Waals surface area contributed by atoms with E-state index in [1.54, 1.807) is 0 Å². The summed E-state index contributed by atoms with van der Waals surface area (Å²) in [6, 6.07) is 21.2. The van der Waals surface area contributed by atoms with Gasteiger partial charge in [-0.1, -0.05) is 67.6 Å². The predicted molar refractivity (Wildman–Crippen MR) is 100 cm³/mol. The molecule has 2 nitrogen and oxygen atoms in total. The zero-order valence-corrected chi connectivity index (χ0v) is 15.3. The SMILES string of the molecule is C[C@@H](c1ccccc1)[C@H](B1OC(C)(C)C(C)(C)O1)c1ccccc1. The molecule has 1 heterocycles. The van der Waals surface area contributed by atoms with Gasteiger partial charge in [0.15, 0.2) is 0 Å². The molecule has 1 aliphatic heterocycles. The zero-order chi connectivity index (χ0) is 17.4. The van der Waals surface area contributed by atoms with E-state index in [1.165, 1.54) is 11.1 Å². The maximum atomic E-state index is 6.40. The van der Waals surface area contributed by atoms with Crippen molar-refractivity contribution in [2.24, 2.45) is 0 Å². The summed E-state index contributed by atoms with van der Waals surface area (Å²) in [7, 11) is -0.257. The van der Waals surface area contributed by atoms with Crippen LogP contribution in [0.1, 0.15) is 57.5 Å². The summed E-state index contributed by atoms with van der Waals surface area (Å²) < 4.78 is 12.8. The van der Waals surface area contributed by atoms with Crippen LogP contribution in [0.25, 0.3) is 0 Å². The summed E-state index contributed by atoms with van der Waals surface area (Å²) in [6.45, 7) is 10.7. The molecular formula is C21H27BO2. The Bertz CT molecular complexity index is 651. The van der Waals surface area contributed by atoms with Crippen LogP contribution in [0.15, 0.2) is 60.7 Å². The lowest BCUT2D eigenvalue weighted by molar-refractivity contribution is 0.00578. The number of hydrogen-bond acceptors (Lipinski definition) is 2. The van der Waals surface area contributed by atoms with Crippen molar-refractivity contribution in [2.75, 3.05) is 0 Å². The molecule has 1 fully saturated rings. The molecule has 2 aromatic carbocycles. The average Bonchev–Trinajstić information content (AvgIpc) is 2.77. The molecule has 0 saturated carbocycles. The van der Waals surface area contributed by atoms with E-state index in [9.17, 15) is 0 Å². The van der Waals surface area contributed by atoms with E-state index in [0.29, 0.717) is 5.92 Å². The molecule has 126 valence electrons. The molecule has 0 amide bonds. The normalized spacial score (nSPS) is 21.5. The molecule has 24 heavy (non-hydrogen) atoms. The van der Waals surface area contributed by atoms with Gasteiger partial charge < -0.3 is 9.31 Å². The largest absolute Gasteiger partial charge is 0.466 e. The van der Waals surface area contributed by atoms with Crippen molar-refractivity contribution >= 4 is 7.12 Å². The molecule has 2 atom stereocenters. The second kappa shape index (κ2) is 6.38. The minimum absolute atomic E-state index is 0.148. The Morgan fingerprint density at radius 3 is 1.58 bits per heavy atom. The second-order valence-electron chi connectivity index (χ2n) is 7.76. The van der Waals surface area contributed by atoms with Crippen molar-refractivity contribution < 1.29 is 9.31 Å². The molecule has 0 radical (unpaired) electrons.